The third kappa shape index (κ3) is 4.22. The van der Waals surface area contributed by atoms with Crippen molar-refractivity contribution < 1.29 is 14.3 Å². The molecule has 2 heterocycles. The van der Waals surface area contributed by atoms with Gasteiger partial charge in [-0.15, -0.1) is 0 Å². The van der Waals surface area contributed by atoms with Gasteiger partial charge in [0.1, 0.15) is 6.61 Å². The quantitative estimate of drug-likeness (QED) is 0.860. The lowest BCUT2D eigenvalue weighted by Gasteiger charge is -2.39. The molecule has 2 aliphatic rings. The zero-order valence-electron chi connectivity index (χ0n) is 16.2. The molecule has 2 atom stereocenters. The van der Waals surface area contributed by atoms with E-state index in [9.17, 15) is 4.79 Å². The van der Waals surface area contributed by atoms with E-state index in [4.69, 9.17) is 9.47 Å². The Morgan fingerprint density at radius 2 is 1.71 bits per heavy atom. The molecule has 1 saturated heterocycles. The number of nitrogens with one attached hydrogen (secondary N) is 1. The van der Waals surface area contributed by atoms with Crippen LogP contribution >= 0.6 is 0 Å². The van der Waals surface area contributed by atoms with Gasteiger partial charge in [0, 0.05) is 44.5 Å². The maximum Gasteiger partial charge on any atom is 0.264 e. The highest BCUT2D eigenvalue weighted by Gasteiger charge is 2.28. The van der Waals surface area contributed by atoms with E-state index in [0.29, 0.717) is 18.0 Å². The smallest absolute Gasteiger partial charge is 0.264 e. The summed E-state index contributed by atoms with van der Waals surface area (Å²) in [5, 5.41) is 3.02. The Morgan fingerprint density at radius 1 is 1.04 bits per heavy atom. The van der Waals surface area contributed by atoms with Gasteiger partial charge in [0.25, 0.3) is 5.91 Å². The molecule has 148 valence electrons. The molecule has 2 aromatic carbocycles. The van der Waals surface area contributed by atoms with Crippen molar-refractivity contribution in [3.63, 3.8) is 0 Å². The summed E-state index contributed by atoms with van der Waals surface area (Å²) in [6, 6.07) is 18.2. The molecule has 1 amide bonds. The van der Waals surface area contributed by atoms with Gasteiger partial charge in [-0.3, -0.25) is 9.69 Å². The molecule has 2 aromatic rings. The second-order valence-electron chi connectivity index (χ2n) is 7.32. The summed E-state index contributed by atoms with van der Waals surface area (Å²) in [6.07, 6.45) is -0.600. The lowest BCUT2D eigenvalue weighted by Crippen LogP contribution is -2.53. The molecule has 4 rings (SSSR count). The van der Waals surface area contributed by atoms with E-state index in [0.717, 1.165) is 26.2 Å². The highest BCUT2D eigenvalue weighted by Crippen LogP contribution is 2.30. The van der Waals surface area contributed by atoms with Crippen LogP contribution in [0.4, 0.5) is 5.69 Å². The van der Waals surface area contributed by atoms with Crippen LogP contribution in [-0.4, -0.2) is 62.3 Å². The van der Waals surface area contributed by atoms with E-state index < -0.39 is 6.10 Å². The van der Waals surface area contributed by atoms with Crippen molar-refractivity contribution in [2.75, 3.05) is 44.2 Å². The van der Waals surface area contributed by atoms with Crippen LogP contribution in [0.2, 0.25) is 0 Å². The number of benzene rings is 2. The van der Waals surface area contributed by atoms with Crippen molar-refractivity contribution in [1.29, 1.82) is 0 Å². The molecule has 0 radical (unpaired) electrons. The number of amides is 1. The fourth-order valence-electron chi connectivity index (χ4n) is 3.70. The minimum atomic E-state index is -0.600. The Hall–Kier alpha value is -2.73. The predicted octanol–water partition coefficient (Wildman–Crippen LogP) is 2.15. The zero-order valence-corrected chi connectivity index (χ0v) is 16.2. The maximum atomic E-state index is 12.5. The fourth-order valence-corrected chi connectivity index (χ4v) is 3.70. The summed E-state index contributed by atoms with van der Waals surface area (Å²) in [4.78, 5) is 17.3. The number of fused-ring (bicyclic) bond motifs is 1. The number of hydrogen-bond donors (Lipinski definition) is 1. The minimum Gasteiger partial charge on any atom is -0.485 e. The average molecular weight is 381 g/mol. The van der Waals surface area contributed by atoms with E-state index in [1.54, 1.807) is 0 Å². The summed E-state index contributed by atoms with van der Waals surface area (Å²) < 4.78 is 11.4. The van der Waals surface area contributed by atoms with Gasteiger partial charge in [-0.2, -0.15) is 0 Å². The molecule has 0 spiro atoms. The van der Waals surface area contributed by atoms with Crippen molar-refractivity contribution in [2.24, 2.45) is 0 Å². The van der Waals surface area contributed by atoms with Crippen LogP contribution in [0.1, 0.15) is 6.92 Å². The van der Waals surface area contributed by atoms with Crippen LogP contribution in [0.25, 0.3) is 0 Å². The number of nitrogens with zero attached hydrogens (tertiary/aromatic N) is 2. The summed E-state index contributed by atoms with van der Waals surface area (Å²) in [5.74, 6) is 1.19. The van der Waals surface area contributed by atoms with E-state index in [1.807, 2.05) is 30.3 Å². The van der Waals surface area contributed by atoms with E-state index >= 15 is 0 Å². The molecular weight excluding hydrogens is 354 g/mol. The predicted molar refractivity (Wildman–Crippen MR) is 109 cm³/mol. The summed E-state index contributed by atoms with van der Waals surface area (Å²) in [5.41, 5.74) is 1.28. The lowest BCUT2D eigenvalue weighted by atomic mass is 10.2. The fraction of sp³-hybridized carbons (Fsp3) is 0.409. The molecule has 0 aliphatic carbocycles. The SMILES string of the molecule is C[C@@H](CNC(=O)[C@@H]1COc2ccccc2O1)N1CCN(c2ccccc2)CC1. The van der Waals surface area contributed by atoms with Crippen LogP contribution in [0.15, 0.2) is 54.6 Å². The first kappa shape index (κ1) is 18.6. The lowest BCUT2D eigenvalue weighted by molar-refractivity contribution is -0.130. The molecule has 1 fully saturated rings. The number of para-hydroxylation sites is 3. The zero-order chi connectivity index (χ0) is 19.3. The van der Waals surface area contributed by atoms with Gasteiger partial charge in [-0.05, 0) is 31.2 Å². The van der Waals surface area contributed by atoms with Gasteiger partial charge in [-0.1, -0.05) is 30.3 Å². The van der Waals surface area contributed by atoms with Gasteiger partial charge >= 0.3 is 0 Å². The third-order valence-electron chi connectivity index (χ3n) is 5.43. The first-order valence-electron chi connectivity index (χ1n) is 9.91. The van der Waals surface area contributed by atoms with Crippen LogP contribution in [-0.2, 0) is 4.79 Å². The van der Waals surface area contributed by atoms with Crippen LogP contribution in [0.5, 0.6) is 11.5 Å². The number of ether oxygens (including phenoxy) is 2. The van der Waals surface area contributed by atoms with Crippen molar-refractivity contribution in [3.8, 4) is 11.5 Å². The average Bonchev–Trinajstić information content (AvgIpc) is 2.77. The summed E-state index contributed by atoms with van der Waals surface area (Å²) in [6.45, 7) is 6.98. The first-order chi connectivity index (χ1) is 13.7. The molecule has 0 aromatic heterocycles. The molecular formula is C22H27N3O3. The number of carbonyl (C=O) groups is 1. The summed E-state index contributed by atoms with van der Waals surface area (Å²) in [7, 11) is 0. The van der Waals surface area contributed by atoms with E-state index in [2.05, 4.69) is 46.3 Å². The Labute approximate surface area is 166 Å². The Balaban J connectivity index is 1.23. The third-order valence-corrected chi connectivity index (χ3v) is 5.43. The largest absolute Gasteiger partial charge is 0.485 e. The van der Waals surface area contributed by atoms with Gasteiger partial charge in [0.05, 0.1) is 0 Å². The highest BCUT2D eigenvalue weighted by atomic mass is 16.6. The second-order valence-corrected chi connectivity index (χ2v) is 7.32. The minimum absolute atomic E-state index is 0.121. The molecule has 28 heavy (non-hydrogen) atoms. The Bertz CT molecular complexity index is 791. The molecule has 6 nitrogen and oxygen atoms in total. The Kier molecular flexibility index (Phi) is 5.67. The van der Waals surface area contributed by atoms with Crippen LogP contribution in [0.3, 0.4) is 0 Å². The van der Waals surface area contributed by atoms with Crippen molar-refractivity contribution >= 4 is 11.6 Å². The van der Waals surface area contributed by atoms with Crippen molar-refractivity contribution in [1.82, 2.24) is 10.2 Å². The standard InChI is InChI=1S/C22H27N3O3/c1-17(24-11-13-25(14-12-24)18-7-3-2-4-8-18)15-23-22(26)21-16-27-19-9-5-6-10-20(19)28-21/h2-10,17,21H,11-16H2,1H3,(H,23,26)/t17-,21-/m0/s1. The number of anilines is 1. The monoisotopic (exact) mass is 381 g/mol. The van der Waals surface area contributed by atoms with E-state index in [1.165, 1.54) is 5.69 Å². The second kappa shape index (κ2) is 8.52. The molecule has 0 saturated carbocycles. The number of carbonyl (C=O) groups excluding carboxylic acids is 1. The molecule has 2 aliphatic heterocycles. The normalized spacial score (nSPS) is 20.5. The highest BCUT2D eigenvalue weighted by molar-refractivity contribution is 5.81. The van der Waals surface area contributed by atoms with Crippen LogP contribution in [0, 0.1) is 0 Å². The van der Waals surface area contributed by atoms with Gasteiger partial charge in [-0.25, -0.2) is 0 Å². The Morgan fingerprint density at radius 3 is 2.46 bits per heavy atom. The maximum absolute atomic E-state index is 12.5. The van der Waals surface area contributed by atoms with E-state index in [-0.39, 0.29) is 18.6 Å². The van der Waals surface area contributed by atoms with Gasteiger partial charge in [0.2, 0.25) is 6.10 Å². The van der Waals surface area contributed by atoms with Crippen molar-refractivity contribution in [2.45, 2.75) is 19.1 Å². The topological polar surface area (TPSA) is 54.0 Å². The van der Waals surface area contributed by atoms with Crippen molar-refractivity contribution in [3.05, 3.63) is 54.6 Å². The number of piperazine rings is 1. The first-order valence-corrected chi connectivity index (χ1v) is 9.91. The van der Waals surface area contributed by atoms with Crippen LogP contribution < -0.4 is 19.7 Å². The molecule has 1 N–H and O–H groups in total. The number of hydrogen-bond acceptors (Lipinski definition) is 5. The molecule has 6 heteroatoms. The van der Waals surface area contributed by atoms with Gasteiger partial charge in [0.15, 0.2) is 11.5 Å². The summed E-state index contributed by atoms with van der Waals surface area (Å²) >= 11 is 0. The van der Waals surface area contributed by atoms with Gasteiger partial charge < -0.3 is 19.7 Å². The molecule has 0 bridgehead atoms. The number of rotatable bonds is 5. The molecule has 0 unspecified atom stereocenters.